The van der Waals surface area contributed by atoms with Gasteiger partial charge in [-0.2, -0.15) is 0 Å². The molecule has 2 nitrogen and oxygen atoms in total. The molecular formula is C29H35FO2. The molecule has 0 aliphatic heterocycles. The molecule has 0 radical (unpaired) electrons. The van der Waals surface area contributed by atoms with Crippen LogP contribution in [-0.2, 0) is 18.0 Å². The lowest BCUT2D eigenvalue weighted by Gasteiger charge is -2.27. The first-order valence-corrected chi connectivity index (χ1v) is 11.5. The zero-order valence-corrected chi connectivity index (χ0v) is 20.1. The summed E-state index contributed by atoms with van der Waals surface area (Å²) in [5.41, 5.74) is 8.54. The van der Waals surface area contributed by atoms with E-state index < -0.39 is 6.10 Å². The third kappa shape index (κ3) is 5.46. The van der Waals surface area contributed by atoms with Crippen molar-refractivity contribution >= 4 is 0 Å². The van der Waals surface area contributed by atoms with E-state index in [2.05, 4.69) is 65.0 Å². The third-order valence-electron chi connectivity index (χ3n) is 5.97. The zero-order chi connectivity index (χ0) is 23.4. The number of rotatable bonds is 8. The molecule has 1 atom stereocenters. The van der Waals surface area contributed by atoms with Gasteiger partial charge in [0.2, 0.25) is 0 Å². The minimum Gasteiger partial charge on any atom is -0.389 e. The number of ether oxygens (including phenoxy) is 1. The Labute approximate surface area is 192 Å². The zero-order valence-electron chi connectivity index (χ0n) is 20.1. The molecule has 170 valence electrons. The van der Waals surface area contributed by atoms with Crippen molar-refractivity contribution in [2.24, 2.45) is 0 Å². The van der Waals surface area contributed by atoms with Crippen molar-refractivity contribution in [1.29, 1.82) is 0 Å². The van der Waals surface area contributed by atoms with Crippen LogP contribution in [0.25, 0.3) is 11.1 Å². The van der Waals surface area contributed by atoms with Crippen LogP contribution in [0.4, 0.5) is 4.39 Å². The molecule has 0 saturated carbocycles. The summed E-state index contributed by atoms with van der Waals surface area (Å²) in [5.74, 6) is 0.264. The summed E-state index contributed by atoms with van der Waals surface area (Å²) in [4.78, 5) is 0. The van der Waals surface area contributed by atoms with E-state index in [0.717, 1.165) is 33.4 Å². The lowest BCUT2D eigenvalue weighted by atomic mass is 9.80. The highest BCUT2D eigenvalue weighted by Gasteiger charge is 2.24. The lowest BCUT2D eigenvalue weighted by Crippen LogP contribution is -2.11. The van der Waals surface area contributed by atoms with Gasteiger partial charge in [-0.1, -0.05) is 75.7 Å². The van der Waals surface area contributed by atoms with Crippen LogP contribution in [0.5, 0.6) is 0 Å². The van der Waals surface area contributed by atoms with Crippen LogP contribution in [-0.4, -0.2) is 5.11 Å². The number of aryl methyl sites for hydroxylation is 1. The van der Waals surface area contributed by atoms with Crippen molar-refractivity contribution in [2.75, 3.05) is 0 Å². The Morgan fingerprint density at radius 3 is 1.94 bits per heavy atom. The molecule has 0 bridgehead atoms. The van der Waals surface area contributed by atoms with Crippen LogP contribution in [0, 0.1) is 12.7 Å². The van der Waals surface area contributed by atoms with Gasteiger partial charge in [0, 0.05) is 0 Å². The number of benzene rings is 3. The van der Waals surface area contributed by atoms with E-state index in [-0.39, 0.29) is 17.7 Å². The van der Waals surface area contributed by atoms with Gasteiger partial charge in [-0.3, -0.25) is 0 Å². The number of aliphatic hydroxyl groups excluding tert-OH is 1. The summed E-state index contributed by atoms with van der Waals surface area (Å²) in [6.07, 6.45) is -0.649. The molecule has 1 unspecified atom stereocenters. The molecule has 0 aliphatic carbocycles. The smallest absolute Gasteiger partial charge is 0.123 e. The van der Waals surface area contributed by atoms with E-state index >= 15 is 0 Å². The normalized spacial score (nSPS) is 12.6. The first-order valence-electron chi connectivity index (χ1n) is 11.5. The fourth-order valence-corrected chi connectivity index (χ4v) is 4.28. The Balaban J connectivity index is 2.14. The Bertz CT molecular complexity index is 1030. The molecule has 0 fully saturated rings. The van der Waals surface area contributed by atoms with E-state index in [0.29, 0.717) is 13.2 Å². The molecule has 3 heteroatoms. The van der Waals surface area contributed by atoms with Crippen LogP contribution >= 0.6 is 0 Å². The number of hydrogen-bond donors (Lipinski definition) is 1. The second kappa shape index (κ2) is 10.4. The van der Waals surface area contributed by atoms with Crippen LogP contribution in [0.1, 0.15) is 85.9 Å². The van der Waals surface area contributed by atoms with Crippen LogP contribution in [0.15, 0.2) is 54.6 Å². The minimum atomic E-state index is -0.649. The Morgan fingerprint density at radius 2 is 1.41 bits per heavy atom. The van der Waals surface area contributed by atoms with Gasteiger partial charge >= 0.3 is 0 Å². The predicted octanol–water partition coefficient (Wildman–Crippen LogP) is 7.82. The summed E-state index contributed by atoms with van der Waals surface area (Å²) in [7, 11) is 0. The van der Waals surface area contributed by atoms with Gasteiger partial charge in [0.15, 0.2) is 0 Å². The molecule has 0 spiro atoms. The van der Waals surface area contributed by atoms with E-state index in [9.17, 15) is 9.50 Å². The van der Waals surface area contributed by atoms with Crippen LogP contribution < -0.4 is 0 Å². The summed E-state index contributed by atoms with van der Waals surface area (Å²) >= 11 is 0. The lowest BCUT2D eigenvalue weighted by molar-refractivity contribution is 0.106. The second-order valence-corrected chi connectivity index (χ2v) is 9.29. The van der Waals surface area contributed by atoms with Crippen molar-refractivity contribution in [1.82, 2.24) is 0 Å². The monoisotopic (exact) mass is 434 g/mol. The summed E-state index contributed by atoms with van der Waals surface area (Å²) in [6, 6.07) is 17.1. The van der Waals surface area contributed by atoms with Gasteiger partial charge in [0.05, 0.1) is 19.3 Å². The number of hydrogen-bond acceptors (Lipinski definition) is 2. The molecule has 0 aliphatic rings. The van der Waals surface area contributed by atoms with E-state index in [1.54, 1.807) is 19.1 Å². The van der Waals surface area contributed by atoms with Gasteiger partial charge in [0.25, 0.3) is 0 Å². The van der Waals surface area contributed by atoms with Crippen molar-refractivity contribution < 1.29 is 14.2 Å². The molecular weight excluding hydrogens is 399 g/mol. The van der Waals surface area contributed by atoms with Gasteiger partial charge in [-0.15, -0.1) is 0 Å². The molecule has 0 heterocycles. The highest BCUT2D eigenvalue weighted by molar-refractivity contribution is 5.75. The van der Waals surface area contributed by atoms with Gasteiger partial charge in [-0.05, 0) is 76.8 Å². The molecule has 1 N–H and O–H groups in total. The summed E-state index contributed by atoms with van der Waals surface area (Å²) in [6.45, 7) is 13.5. The molecule has 32 heavy (non-hydrogen) atoms. The Kier molecular flexibility index (Phi) is 7.86. The molecule has 0 aromatic heterocycles. The van der Waals surface area contributed by atoms with Crippen molar-refractivity contribution in [3.05, 3.63) is 93.8 Å². The van der Waals surface area contributed by atoms with Crippen molar-refractivity contribution in [2.45, 2.75) is 72.7 Å². The quantitative estimate of drug-likeness (QED) is 0.392. The van der Waals surface area contributed by atoms with Gasteiger partial charge in [-0.25, -0.2) is 4.39 Å². The highest BCUT2D eigenvalue weighted by atomic mass is 19.1. The van der Waals surface area contributed by atoms with E-state index in [4.69, 9.17) is 4.74 Å². The standard InChI is InChI=1S/C29H35FO2/c1-18(2)25-15-26(19(3)4)28(21(6)31)29(23-11-13-24(30)14-12-23)27(25)17-32-16-22-9-7-20(5)8-10-22/h7-15,18-19,21,31H,16-17H2,1-6H3. The molecule has 0 amide bonds. The molecule has 0 saturated heterocycles. The van der Waals surface area contributed by atoms with E-state index in [1.165, 1.54) is 23.3 Å². The van der Waals surface area contributed by atoms with Gasteiger partial charge in [0.1, 0.15) is 5.82 Å². The van der Waals surface area contributed by atoms with Crippen LogP contribution in [0.2, 0.25) is 0 Å². The SMILES string of the molecule is Cc1ccc(COCc2c(C(C)C)cc(C(C)C)c(C(C)O)c2-c2ccc(F)cc2)cc1. The number of halogens is 1. The third-order valence-corrected chi connectivity index (χ3v) is 5.97. The minimum absolute atomic E-state index is 0.249. The molecule has 3 aromatic carbocycles. The number of aliphatic hydroxyl groups is 1. The Hall–Kier alpha value is -2.49. The van der Waals surface area contributed by atoms with Crippen molar-refractivity contribution in [3.8, 4) is 11.1 Å². The first kappa shape index (κ1) is 24.2. The van der Waals surface area contributed by atoms with Crippen LogP contribution in [0.3, 0.4) is 0 Å². The van der Waals surface area contributed by atoms with Crippen molar-refractivity contribution in [3.63, 3.8) is 0 Å². The first-order chi connectivity index (χ1) is 15.2. The molecule has 3 aromatic rings. The molecule has 3 rings (SSSR count). The summed E-state index contributed by atoms with van der Waals surface area (Å²) in [5, 5.41) is 10.8. The maximum Gasteiger partial charge on any atom is 0.123 e. The Morgan fingerprint density at radius 1 is 0.812 bits per heavy atom. The van der Waals surface area contributed by atoms with E-state index in [1.807, 2.05) is 0 Å². The summed E-state index contributed by atoms with van der Waals surface area (Å²) < 4.78 is 19.9. The average molecular weight is 435 g/mol. The maximum atomic E-state index is 13.7. The highest BCUT2D eigenvalue weighted by Crippen LogP contribution is 2.41. The maximum absolute atomic E-state index is 13.7. The fourth-order valence-electron chi connectivity index (χ4n) is 4.28. The average Bonchev–Trinajstić information content (AvgIpc) is 2.74. The topological polar surface area (TPSA) is 29.5 Å². The fraction of sp³-hybridized carbons (Fsp3) is 0.379. The second-order valence-electron chi connectivity index (χ2n) is 9.29. The largest absolute Gasteiger partial charge is 0.389 e. The predicted molar refractivity (Wildman–Crippen MR) is 130 cm³/mol. The van der Waals surface area contributed by atoms with Gasteiger partial charge < -0.3 is 9.84 Å².